The molecule has 0 fully saturated rings. The average Bonchev–Trinajstić information content (AvgIpc) is 2.86. The van der Waals surface area contributed by atoms with E-state index in [9.17, 15) is 4.79 Å². The molecule has 1 aromatic carbocycles. The van der Waals surface area contributed by atoms with Gasteiger partial charge in [-0.05, 0) is 12.3 Å². The Morgan fingerprint density at radius 3 is 2.48 bits per heavy atom. The van der Waals surface area contributed by atoms with Crippen molar-refractivity contribution in [2.75, 3.05) is 5.32 Å². The third-order valence-electron chi connectivity index (χ3n) is 3.30. The molecule has 0 bridgehead atoms. The van der Waals surface area contributed by atoms with Gasteiger partial charge < -0.3 is 11.1 Å². The summed E-state index contributed by atoms with van der Waals surface area (Å²) in [6.45, 7) is 7.87. The molecule has 2 rings (SSSR count). The van der Waals surface area contributed by atoms with Gasteiger partial charge in [0.15, 0.2) is 5.13 Å². The van der Waals surface area contributed by atoms with Crippen molar-refractivity contribution in [3.05, 3.63) is 35.2 Å². The van der Waals surface area contributed by atoms with Crippen molar-refractivity contribution in [3.63, 3.8) is 0 Å². The van der Waals surface area contributed by atoms with Crippen molar-refractivity contribution in [2.45, 2.75) is 33.7 Å². The molecule has 1 heterocycles. The van der Waals surface area contributed by atoms with Crippen LogP contribution in [0.4, 0.5) is 5.13 Å². The van der Waals surface area contributed by atoms with Gasteiger partial charge in [0.1, 0.15) is 0 Å². The Labute approximate surface area is 129 Å². The summed E-state index contributed by atoms with van der Waals surface area (Å²) in [5.74, 6) is -0.202. The summed E-state index contributed by atoms with van der Waals surface area (Å²) in [5.41, 5.74) is 8.77. The highest BCUT2D eigenvalue weighted by molar-refractivity contribution is 7.14. The van der Waals surface area contributed by atoms with Crippen molar-refractivity contribution in [3.8, 4) is 11.3 Å². The topological polar surface area (TPSA) is 68.0 Å². The van der Waals surface area contributed by atoms with Crippen molar-refractivity contribution in [2.24, 2.45) is 11.1 Å². The molecule has 0 radical (unpaired) electrons. The number of carbonyl (C=O) groups is 1. The first-order valence-electron chi connectivity index (χ1n) is 6.86. The maximum atomic E-state index is 12.1. The molecule has 1 amide bonds. The van der Waals surface area contributed by atoms with Crippen LogP contribution in [0.15, 0.2) is 29.6 Å². The molecule has 0 spiro atoms. The Balaban J connectivity index is 2.10. The number of nitrogens with zero attached hydrogens (tertiary/aromatic N) is 1. The van der Waals surface area contributed by atoms with Crippen LogP contribution in [0.25, 0.3) is 11.3 Å². The standard InChI is InChI=1S/C16H21N3OS/c1-10-5-7-11(8-6-10)12-9-21-15(18-12)19-14(20)13(17)16(2,3)4/h5-9,13H,17H2,1-4H3,(H,18,19,20)/t13-/m1/s1. The van der Waals surface area contributed by atoms with E-state index in [1.807, 2.05) is 57.3 Å². The number of thiazole rings is 1. The zero-order valence-electron chi connectivity index (χ0n) is 12.8. The molecule has 0 aliphatic heterocycles. The molecule has 4 nitrogen and oxygen atoms in total. The van der Waals surface area contributed by atoms with Gasteiger partial charge in [-0.1, -0.05) is 50.6 Å². The van der Waals surface area contributed by atoms with Gasteiger partial charge in [-0.2, -0.15) is 0 Å². The highest BCUT2D eigenvalue weighted by Crippen LogP contribution is 2.26. The van der Waals surface area contributed by atoms with Crippen molar-refractivity contribution in [1.29, 1.82) is 0 Å². The summed E-state index contributed by atoms with van der Waals surface area (Å²) in [4.78, 5) is 16.5. The molecule has 0 unspecified atom stereocenters. The lowest BCUT2D eigenvalue weighted by molar-refractivity contribution is -0.119. The highest BCUT2D eigenvalue weighted by atomic mass is 32.1. The number of rotatable bonds is 3. The molecule has 112 valence electrons. The van der Waals surface area contributed by atoms with E-state index in [-0.39, 0.29) is 11.3 Å². The van der Waals surface area contributed by atoms with Crippen LogP contribution >= 0.6 is 11.3 Å². The monoisotopic (exact) mass is 303 g/mol. The van der Waals surface area contributed by atoms with Gasteiger partial charge in [0.05, 0.1) is 11.7 Å². The lowest BCUT2D eigenvalue weighted by Gasteiger charge is -2.25. The number of hydrogen-bond donors (Lipinski definition) is 2. The Morgan fingerprint density at radius 1 is 1.29 bits per heavy atom. The van der Waals surface area contributed by atoms with E-state index in [0.717, 1.165) is 11.3 Å². The zero-order chi connectivity index (χ0) is 15.6. The zero-order valence-corrected chi connectivity index (χ0v) is 13.6. The molecule has 1 atom stereocenters. The summed E-state index contributed by atoms with van der Waals surface area (Å²) in [6.07, 6.45) is 0. The van der Waals surface area contributed by atoms with Gasteiger partial charge in [0.25, 0.3) is 0 Å². The first kappa shape index (κ1) is 15.7. The number of aryl methyl sites for hydroxylation is 1. The third-order valence-corrected chi connectivity index (χ3v) is 4.05. The molecule has 21 heavy (non-hydrogen) atoms. The molecule has 0 aliphatic carbocycles. The predicted molar refractivity (Wildman–Crippen MR) is 88.3 cm³/mol. The smallest absolute Gasteiger partial charge is 0.243 e. The second-order valence-corrected chi connectivity index (χ2v) is 7.09. The molecular formula is C16H21N3OS. The van der Waals surface area contributed by atoms with E-state index < -0.39 is 6.04 Å². The van der Waals surface area contributed by atoms with Crippen LogP contribution in [0.1, 0.15) is 26.3 Å². The summed E-state index contributed by atoms with van der Waals surface area (Å²) in [7, 11) is 0. The Morgan fingerprint density at radius 2 is 1.90 bits per heavy atom. The van der Waals surface area contributed by atoms with Gasteiger partial charge in [-0.3, -0.25) is 4.79 Å². The minimum Gasteiger partial charge on any atom is -0.319 e. The molecule has 3 N–H and O–H groups in total. The Kier molecular flexibility index (Phi) is 4.44. The van der Waals surface area contributed by atoms with Crippen LogP contribution in [-0.2, 0) is 4.79 Å². The maximum Gasteiger partial charge on any atom is 0.243 e. The first-order valence-corrected chi connectivity index (χ1v) is 7.74. The normalized spacial score (nSPS) is 13.0. The molecule has 0 aliphatic rings. The number of aromatic nitrogens is 1. The number of benzene rings is 1. The molecule has 1 aromatic heterocycles. The number of nitrogens with two attached hydrogens (primary N) is 1. The lowest BCUT2D eigenvalue weighted by Crippen LogP contribution is -2.45. The molecule has 5 heteroatoms. The second kappa shape index (κ2) is 5.95. The minimum absolute atomic E-state index is 0.202. The number of anilines is 1. The molecule has 0 saturated carbocycles. The molecular weight excluding hydrogens is 282 g/mol. The van der Waals surface area contributed by atoms with E-state index in [4.69, 9.17) is 5.73 Å². The fraction of sp³-hybridized carbons (Fsp3) is 0.375. The van der Waals surface area contributed by atoms with Crippen molar-refractivity contribution in [1.82, 2.24) is 4.98 Å². The van der Waals surface area contributed by atoms with Crippen molar-refractivity contribution >= 4 is 22.4 Å². The lowest BCUT2D eigenvalue weighted by atomic mass is 9.87. The number of carbonyl (C=O) groups excluding carboxylic acids is 1. The van der Waals surface area contributed by atoms with E-state index in [1.54, 1.807) is 0 Å². The third kappa shape index (κ3) is 3.89. The van der Waals surface area contributed by atoms with Gasteiger partial charge in [-0.25, -0.2) is 4.98 Å². The first-order chi connectivity index (χ1) is 9.77. The van der Waals surface area contributed by atoms with E-state index >= 15 is 0 Å². The van der Waals surface area contributed by atoms with Crippen LogP contribution in [0, 0.1) is 12.3 Å². The molecule has 0 saturated heterocycles. The number of amides is 1. The largest absolute Gasteiger partial charge is 0.319 e. The van der Waals surface area contributed by atoms with Gasteiger partial charge >= 0.3 is 0 Å². The summed E-state index contributed by atoms with van der Waals surface area (Å²) in [5, 5.41) is 5.31. The minimum atomic E-state index is -0.566. The maximum absolute atomic E-state index is 12.1. The number of hydrogen-bond acceptors (Lipinski definition) is 4. The summed E-state index contributed by atoms with van der Waals surface area (Å²) in [6, 6.07) is 7.57. The van der Waals surface area contributed by atoms with E-state index in [2.05, 4.69) is 10.3 Å². The van der Waals surface area contributed by atoms with E-state index in [0.29, 0.717) is 5.13 Å². The van der Waals surface area contributed by atoms with Crippen LogP contribution in [0.3, 0.4) is 0 Å². The van der Waals surface area contributed by atoms with Crippen LogP contribution in [-0.4, -0.2) is 16.9 Å². The van der Waals surface area contributed by atoms with Gasteiger partial charge in [-0.15, -0.1) is 11.3 Å². The summed E-state index contributed by atoms with van der Waals surface area (Å²) < 4.78 is 0. The van der Waals surface area contributed by atoms with Gasteiger partial charge in [0, 0.05) is 10.9 Å². The quantitative estimate of drug-likeness (QED) is 0.912. The molecule has 2 aromatic rings. The fourth-order valence-corrected chi connectivity index (χ4v) is 2.49. The predicted octanol–water partition coefficient (Wildman–Crippen LogP) is 3.43. The fourth-order valence-electron chi connectivity index (χ4n) is 1.76. The van der Waals surface area contributed by atoms with Crippen LogP contribution in [0.5, 0.6) is 0 Å². The van der Waals surface area contributed by atoms with Crippen LogP contribution in [0.2, 0.25) is 0 Å². The second-order valence-electron chi connectivity index (χ2n) is 6.24. The Bertz CT molecular complexity index is 626. The number of nitrogens with one attached hydrogen (secondary N) is 1. The van der Waals surface area contributed by atoms with Crippen LogP contribution < -0.4 is 11.1 Å². The van der Waals surface area contributed by atoms with E-state index in [1.165, 1.54) is 16.9 Å². The highest BCUT2D eigenvalue weighted by Gasteiger charge is 2.27. The summed E-state index contributed by atoms with van der Waals surface area (Å²) >= 11 is 1.41. The Hall–Kier alpha value is -1.72. The van der Waals surface area contributed by atoms with Crippen molar-refractivity contribution < 1.29 is 4.79 Å². The van der Waals surface area contributed by atoms with Gasteiger partial charge in [0.2, 0.25) is 5.91 Å². The SMILES string of the molecule is Cc1ccc(-c2csc(NC(=O)[C@@H](N)C(C)(C)C)n2)cc1. The average molecular weight is 303 g/mol.